The van der Waals surface area contributed by atoms with E-state index in [1.165, 1.54) is 36.8 Å². The number of benzene rings is 1. The fourth-order valence-electron chi connectivity index (χ4n) is 3.87. The molecule has 1 aliphatic carbocycles. The average Bonchev–Trinajstić information content (AvgIpc) is 3.15. The van der Waals surface area contributed by atoms with Crippen molar-refractivity contribution in [1.29, 1.82) is 0 Å². The van der Waals surface area contributed by atoms with Crippen molar-refractivity contribution in [2.45, 2.75) is 51.1 Å². The maximum absolute atomic E-state index is 6.16. The lowest BCUT2D eigenvalue weighted by Gasteiger charge is -2.24. The maximum atomic E-state index is 6.16. The largest absolute Gasteiger partial charge is 0.361 e. The van der Waals surface area contributed by atoms with Crippen molar-refractivity contribution >= 4 is 11.6 Å². The zero-order valence-corrected chi connectivity index (χ0v) is 13.5. The van der Waals surface area contributed by atoms with Gasteiger partial charge in [-0.25, -0.2) is 0 Å². The third-order valence-corrected chi connectivity index (χ3v) is 5.22. The highest BCUT2D eigenvalue weighted by Gasteiger charge is 2.29. The third-order valence-electron chi connectivity index (χ3n) is 4.98. The van der Waals surface area contributed by atoms with Gasteiger partial charge in [-0.2, -0.15) is 0 Å². The molecule has 1 atom stereocenters. The van der Waals surface area contributed by atoms with E-state index in [1.54, 1.807) is 0 Å². The molecule has 116 valence electrons. The first-order valence-corrected chi connectivity index (χ1v) is 8.65. The third kappa shape index (κ3) is 2.68. The van der Waals surface area contributed by atoms with Crippen molar-refractivity contribution < 1.29 is 4.52 Å². The maximum Gasteiger partial charge on any atom is 0.140 e. The van der Waals surface area contributed by atoms with Crippen LogP contribution < -0.4 is 0 Å². The van der Waals surface area contributed by atoms with Crippen molar-refractivity contribution in [2.24, 2.45) is 0 Å². The summed E-state index contributed by atoms with van der Waals surface area (Å²) in [6, 6.07) is 8.73. The molecule has 2 aromatic rings. The Balaban J connectivity index is 1.56. The Bertz CT molecular complexity index is 667. The molecule has 4 heteroatoms. The number of aromatic nitrogens is 1. The Morgan fingerprint density at radius 1 is 1.23 bits per heavy atom. The molecule has 0 amide bonds. The van der Waals surface area contributed by atoms with Gasteiger partial charge in [0.05, 0.1) is 0 Å². The number of nitrogens with zero attached hydrogens (tertiary/aromatic N) is 2. The van der Waals surface area contributed by atoms with Crippen LogP contribution in [0, 0.1) is 0 Å². The number of likely N-dealkylation sites (tertiary alicyclic amines) is 1. The second-order valence-electron chi connectivity index (χ2n) is 6.42. The summed E-state index contributed by atoms with van der Waals surface area (Å²) in [6.07, 6.45) is 7.11. The second kappa shape index (κ2) is 6.05. The lowest BCUT2D eigenvalue weighted by molar-refractivity contribution is 0.239. The summed E-state index contributed by atoms with van der Waals surface area (Å²) in [4.78, 5) is 2.53. The van der Waals surface area contributed by atoms with Gasteiger partial charge in [0.2, 0.25) is 0 Å². The lowest BCUT2D eigenvalue weighted by Crippen LogP contribution is -2.23. The summed E-state index contributed by atoms with van der Waals surface area (Å²) < 4.78 is 5.56. The molecule has 3 nitrogen and oxygen atoms in total. The van der Waals surface area contributed by atoms with Crippen LogP contribution in [0.15, 0.2) is 28.8 Å². The molecule has 1 unspecified atom stereocenters. The van der Waals surface area contributed by atoms with Crippen LogP contribution in [0.1, 0.15) is 54.3 Å². The van der Waals surface area contributed by atoms with E-state index in [1.807, 2.05) is 12.1 Å². The van der Waals surface area contributed by atoms with Crippen molar-refractivity contribution in [3.8, 4) is 0 Å². The van der Waals surface area contributed by atoms with Gasteiger partial charge in [0.25, 0.3) is 0 Å². The first-order valence-electron chi connectivity index (χ1n) is 8.27. The van der Waals surface area contributed by atoms with Gasteiger partial charge < -0.3 is 4.52 Å². The van der Waals surface area contributed by atoms with Crippen LogP contribution in [0.5, 0.6) is 0 Å². The molecule has 1 aromatic carbocycles. The summed E-state index contributed by atoms with van der Waals surface area (Å²) >= 11 is 6.16. The van der Waals surface area contributed by atoms with Crippen LogP contribution in [-0.4, -0.2) is 16.6 Å². The number of rotatable bonds is 3. The molecule has 2 aliphatic rings. The van der Waals surface area contributed by atoms with Crippen LogP contribution in [0.3, 0.4) is 0 Å². The SMILES string of the molecule is Clc1cccc(C2CCCN2Cc2noc3c2CCCC3)c1. The van der Waals surface area contributed by atoms with Gasteiger partial charge in [0.1, 0.15) is 11.5 Å². The summed E-state index contributed by atoms with van der Waals surface area (Å²) in [7, 11) is 0. The van der Waals surface area contributed by atoms with E-state index in [0.717, 1.165) is 42.4 Å². The lowest BCUT2D eigenvalue weighted by atomic mass is 9.96. The van der Waals surface area contributed by atoms with Gasteiger partial charge in [0.15, 0.2) is 0 Å². The quantitative estimate of drug-likeness (QED) is 0.832. The topological polar surface area (TPSA) is 29.3 Å². The Morgan fingerprint density at radius 2 is 2.14 bits per heavy atom. The molecule has 1 aromatic heterocycles. The van der Waals surface area contributed by atoms with Crippen LogP contribution in [-0.2, 0) is 19.4 Å². The Kier molecular flexibility index (Phi) is 3.93. The standard InChI is InChI=1S/C18H21ClN2O/c19-14-6-3-5-13(11-14)17-8-4-10-21(17)12-16-15-7-1-2-9-18(15)22-20-16/h3,5-6,11,17H,1-2,4,7-10,12H2. The molecule has 0 radical (unpaired) electrons. The van der Waals surface area contributed by atoms with Crippen molar-refractivity contribution in [3.05, 3.63) is 51.9 Å². The minimum Gasteiger partial charge on any atom is -0.361 e. The molecular formula is C18H21ClN2O. The number of hydrogen-bond acceptors (Lipinski definition) is 3. The molecule has 0 bridgehead atoms. The first kappa shape index (κ1) is 14.3. The normalized spacial score (nSPS) is 22.0. The predicted molar refractivity (Wildman–Crippen MR) is 87.0 cm³/mol. The van der Waals surface area contributed by atoms with Gasteiger partial charge in [-0.05, 0) is 56.3 Å². The summed E-state index contributed by atoms with van der Waals surface area (Å²) in [5.41, 5.74) is 3.86. The van der Waals surface area contributed by atoms with E-state index < -0.39 is 0 Å². The first-order chi connectivity index (χ1) is 10.8. The van der Waals surface area contributed by atoms with Crippen LogP contribution >= 0.6 is 11.6 Å². The smallest absolute Gasteiger partial charge is 0.140 e. The molecule has 0 saturated carbocycles. The Morgan fingerprint density at radius 3 is 3.05 bits per heavy atom. The summed E-state index contributed by atoms with van der Waals surface area (Å²) in [6.45, 7) is 2.02. The number of aryl methyl sites for hydroxylation is 1. The van der Waals surface area contributed by atoms with E-state index in [0.29, 0.717) is 6.04 Å². The molecule has 4 rings (SSSR count). The molecule has 0 spiro atoms. The fraction of sp³-hybridized carbons (Fsp3) is 0.500. The van der Waals surface area contributed by atoms with Crippen LogP contribution in [0.4, 0.5) is 0 Å². The van der Waals surface area contributed by atoms with E-state index >= 15 is 0 Å². The van der Waals surface area contributed by atoms with E-state index in [-0.39, 0.29) is 0 Å². The molecular weight excluding hydrogens is 296 g/mol. The van der Waals surface area contributed by atoms with Gasteiger partial charge in [0, 0.05) is 29.6 Å². The van der Waals surface area contributed by atoms with E-state index in [9.17, 15) is 0 Å². The fourth-order valence-corrected chi connectivity index (χ4v) is 4.07. The van der Waals surface area contributed by atoms with E-state index in [4.69, 9.17) is 16.1 Å². The monoisotopic (exact) mass is 316 g/mol. The van der Waals surface area contributed by atoms with Gasteiger partial charge >= 0.3 is 0 Å². The summed E-state index contributed by atoms with van der Waals surface area (Å²) in [5, 5.41) is 5.19. The molecule has 1 aliphatic heterocycles. The second-order valence-corrected chi connectivity index (χ2v) is 6.86. The minimum absolute atomic E-state index is 0.453. The van der Waals surface area contributed by atoms with Crippen molar-refractivity contribution in [1.82, 2.24) is 10.1 Å². The average molecular weight is 317 g/mol. The zero-order chi connectivity index (χ0) is 14.9. The number of fused-ring (bicyclic) bond motifs is 1. The van der Waals surface area contributed by atoms with Gasteiger partial charge in [-0.1, -0.05) is 28.9 Å². The highest BCUT2D eigenvalue weighted by Crippen LogP contribution is 2.35. The van der Waals surface area contributed by atoms with Crippen LogP contribution in [0.2, 0.25) is 5.02 Å². The van der Waals surface area contributed by atoms with Crippen molar-refractivity contribution in [2.75, 3.05) is 6.54 Å². The Hall–Kier alpha value is -1.32. The van der Waals surface area contributed by atoms with Crippen molar-refractivity contribution in [3.63, 3.8) is 0 Å². The highest BCUT2D eigenvalue weighted by molar-refractivity contribution is 6.30. The molecule has 1 fully saturated rings. The molecule has 22 heavy (non-hydrogen) atoms. The Labute approximate surface area is 136 Å². The summed E-state index contributed by atoms with van der Waals surface area (Å²) in [5.74, 6) is 1.12. The molecule has 1 saturated heterocycles. The molecule has 2 heterocycles. The van der Waals surface area contributed by atoms with Gasteiger partial charge in [-0.3, -0.25) is 4.90 Å². The number of hydrogen-bond donors (Lipinski definition) is 0. The van der Waals surface area contributed by atoms with E-state index in [2.05, 4.69) is 22.2 Å². The zero-order valence-electron chi connectivity index (χ0n) is 12.7. The van der Waals surface area contributed by atoms with Gasteiger partial charge in [-0.15, -0.1) is 0 Å². The molecule has 0 N–H and O–H groups in total. The number of halogens is 1. The van der Waals surface area contributed by atoms with Crippen LogP contribution in [0.25, 0.3) is 0 Å². The minimum atomic E-state index is 0.453. The predicted octanol–water partition coefficient (Wildman–Crippen LogP) is 4.54. The highest BCUT2D eigenvalue weighted by atomic mass is 35.5.